The van der Waals surface area contributed by atoms with E-state index in [2.05, 4.69) is 28.6 Å². The molecular formula is C25H27N5O2. The van der Waals surface area contributed by atoms with E-state index < -0.39 is 0 Å². The van der Waals surface area contributed by atoms with Crippen LogP contribution in [0.15, 0.2) is 60.8 Å². The van der Waals surface area contributed by atoms with Gasteiger partial charge in [0.25, 0.3) is 5.91 Å². The van der Waals surface area contributed by atoms with E-state index in [0.717, 1.165) is 30.6 Å². The minimum atomic E-state index is -0.260. The Bertz CT molecular complexity index is 1090. The minimum Gasteiger partial charge on any atom is -0.397 e. The van der Waals surface area contributed by atoms with Gasteiger partial charge in [0.15, 0.2) is 0 Å². The van der Waals surface area contributed by atoms with Gasteiger partial charge < -0.3 is 21.1 Å². The van der Waals surface area contributed by atoms with E-state index >= 15 is 0 Å². The van der Waals surface area contributed by atoms with E-state index in [4.69, 9.17) is 10.5 Å². The zero-order valence-electron chi connectivity index (χ0n) is 18.1. The SMILES string of the molecule is CCCNCCOCc1cnc(-c2ccc(C(=O)Nc3ccccc3N)cc2)c(C#N)c1. The molecule has 7 nitrogen and oxygen atoms in total. The summed E-state index contributed by atoms with van der Waals surface area (Å²) in [4.78, 5) is 17.0. The average molecular weight is 430 g/mol. The number of nitrogen functional groups attached to an aromatic ring is 1. The van der Waals surface area contributed by atoms with Gasteiger partial charge in [0, 0.05) is 23.9 Å². The van der Waals surface area contributed by atoms with Gasteiger partial charge in [0.05, 0.1) is 35.8 Å². The highest BCUT2D eigenvalue weighted by atomic mass is 16.5. The van der Waals surface area contributed by atoms with E-state index in [1.165, 1.54) is 0 Å². The average Bonchev–Trinajstić information content (AvgIpc) is 2.82. The van der Waals surface area contributed by atoms with Gasteiger partial charge in [-0.1, -0.05) is 31.2 Å². The lowest BCUT2D eigenvalue weighted by atomic mass is 10.0. The predicted octanol–water partition coefficient (Wildman–Crippen LogP) is 3.97. The molecule has 2 aromatic carbocycles. The number of pyridine rings is 1. The summed E-state index contributed by atoms with van der Waals surface area (Å²) < 4.78 is 5.65. The molecule has 0 aliphatic rings. The Hall–Kier alpha value is -3.73. The quantitative estimate of drug-likeness (QED) is 0.332. The summed E-state index contributed by atoms with van der Waals surface area (Å²) in [6, 6.07) is 18.1. The minimum absolute atomic E-state index is 0.260. The van der Waals surface area contributed by atoms with Crippen LogP contribution in [0.5, 0.6) is 0 Å². The fourth-order valence-corrected chi connectivity index (χ4v) is 3.12. The standard InChI is InChI=1S/C25H27N5O2/c1-2-11-28-12-13-32-17-18-14-21(15-26)24(29-16-18)19-7-9-20(10-8-19)25(31)30-23-6-4-3-5-22(23)27/h3-10,14,16,28H,2,11-13,17,27H2,1H3,(H,30,31). The summed E-state index contributed by atoms with van der Waals surface area (Å²) in [6.07, 6.45) is 2.80. The maximum atomic E-state index is 12.5. The first-order chi connectivity index (χ1) is 15.6. The number of rotatable bonds is 10. The molecule has 0 fully saturated rings. The molecule has 1 amide bonds. The number of amides is 1. The molecule has 0 spiro atoms. The number of aromatic nitrogens is 1. The van der Waals surface area contributed by atoms with Crippen LogP contribution in [-0.2, 0) is 11.3 Å². The molecule has 3 rings (SSSR count). The molecule has 0 bridgehead atoms. The number of carbonyl (C=O) groups excluding carboxylic acids is 1. The van der Waals surface area contributed by atoms with Crippen molar-refractivity contribution in [3.8, 4) is 17.3 Å². The van der Waals surface area contributed by atoms with Crippen LogP contribution in [0, 0.1) is 11.3 Å². The van der Waals surface area contributed by atoms with Crippen LogP contribution in [-0.4, -0.2) is 30.6 Å². The first-order valence-corrected chi connectivity index (χ1v) is 10.6. The summed E-state index contributed by atoms with van der Waals surface area (Å²) in [5.74, 6) is -0.260. The first-order valence-electron chi connectivity index (χ1n) is 10.6. The molecule has 32 heavy (non-hydrogen) atoms. The summed E-state index contributed by atoms with van der Waals surface area (Å²) in [5.41, 5.74) is 10.1. The lowest BCUT2D eigenvalue weighted by molar-refractivity contribution is 0.102. The van der Waals surface area contributed by atoms with Crippen molar-refractivity contribution in [3.63, 3.8) is 0 Å². The van der Waals surface area contributed by atoms with E-state index in [-0.39, 0.29) is 5.91 Å². The van der Waals surface area contributed by atoms with Crippen LogP contribution >= 0.6 is 0 Å². The maximum Gasteiger partial charge on any atom is 0.255 e. The molecule has 1 heterocycles. The first kappa shape index (κ1) is 22.9. The van der Waals surface area contributed by atoms with Crippen molar-refractivity contribution in [2.45, 2.75) is 20.0 Å². The Labute approximate surface area is 188 Å². The number of para-hydroxylation sites is 2. The molecule has 0 saturated heterocycles. The fraction of sp³-hybridized carbons (Fsp3) is 0.240. The second-order valence-corrected chi connectivity index (χ2v) is 7.27. The van der Waals surface area contributed by atoms with Crippen LogP contribution in [0.25, 0.3) is 11.3 Å². The van der Waals surface area contributed by atoms with E-state index in [0.29, 0.717) is 41.4 Å². The summed E-state index contributed by atoms with van der Waals surface area (Å²) >= 11 is 0. The van der Waals surface area contributed by atoms with Crippen LogP contribution < -0.4 is 16.4 Å². The number of hydrogen-bond acceptors (Lipinski definition) is 6. The number of anilines is 2. The molecule has 0 aliphatic carbocycles. The number of nitrogens with zero attached hydrogens (tertiary/aromatic N) is 2. The van der Waals surface area contributed by atoms with Crippen molar-refractivity contribution in [2.24, 2.45) is 0 Å². The van der Waals surface area contributed by atoms with Gasteiger partial charge >= 0.3 is 0 Å². The van der Waals surface area contributed by atoms with Crippen molar-refractivity contribution >= 4 is 17.3 Å². The van der Waals surface area contributed by atoms with Crippen molar-refractivity contribution in [2.75, 3.05) is 30.7 Å². The van der Waals surface area contributed by atoms with Gasteiger partial charge in [-0.3, -0.25) is 9.78 Å². The number of nitrogens with two attached hydrogens (primary N) is 1. The highest BCUT2D eigenvalue weighted by Gasteiger charge is 2.11. The maximum absolute atomic E-state index is 12.5. The number of ether oxygens (including phenoxy) is 1. The molecule has 3 aromatic rings. The summed E-state index contributed by atoms with van der Waals surface area (Å²) in [7, 11) is 0. The Kier molecular flexibility index (Phi) is 8.32. The molecule has 0 aliphatic heterocycles. The fourth-order valence-electron chi connectivity index (χ4n) is 3.12. The van der Waals surface area contributed by atoms with Crippen molar-refractivity contribution < 1.29 is 9.53 Å². The number of hydrogen-bond donors (Lipinski definition) is 3. The third-order valence-corrected chi connectivity index (χ3v) is 4.81. The lowest BCUT2D eigenvalue weighted by Gasteiger charge is -2.10. The van der Waals surface area contributed by atoms with Gasteiger partial charge in [0.1, 0.15) is 6.07 Å². The monoisotopic (exact) mass is 429 g/mol. The molecule has 4 N–H and O–H groups in total. The molecule has 0 unspecified atom stereocenters. The second kappa shape index (κ2) is 11.6. The van der Waals surface area contributed by atoms with Crippen LogP contribution in [0.2, 0.25) is 0 Å². The molecule has 164 valence electrons. The van der Waals surface area contributed by atoms with E-state index in [1.807, 2.05) is 12.1 Å². The van der Waals surface area contributed by atoms with Crippen molar-refractivity contribution in [1.82, 2.24) is 10.3 Å². The number of nitrogens with one attached hydrogen (secondary N) is 2. The molecule has 1 aromatic heterocycles. The molecular weight excluding hydrogens is 402 g/mol. The predicted molar refractivity (Wildman–Crippen MR) is 126 cm³/mol. The number of nitriles is 1. The molecule has 0 atom stereocenters. The zero-order valence-corrected chi connectivity index (χ0v) is 18.1. The van der Waals surface area contributed by atoms with Gasteiger partial charge in [-0.25, -0.2) is 0 Å². The normalized spacial score (nSPS) is 10.5. The summed E-state index contributed by atoms with van der Waals surface area (Å²) in [5, 5.41) is 15.7. The Balaban J connectivity index is 1.65. The van der Waals surface area contributed by atoms with Gasteiger partial charge in [0.2, 0.25) is 0 Å². The third-order valence-electron chi connectivity index (χ3n) is 4.81. The van der Waals surface area contributed by atoms with Gasteiger partial charge in [-0.2, -0.15) is 5.26 Å². The van der Waals surface area contributed by atoms with Crippen molar-refractivity contribution in [3.05, 3.63) is 77.5 Å². The van der Waals surface area contributed by atoms with E-state index in [9.17, 15) is 10.1 Å². The largest absolute Gasteiger partial charge is 0.397 e. The van der Waals surface area contributed by atoms with Crippen LogP contribution in [0.4, 0.5) is 11.4 Å². The zero-order chi connectivity index (χ0) is 22.8. The Morgan fingerprint density at radius 3 is 2.66 bits per heavy atom. The highest BCUT2D eigenvalue weighted by molar-refractivity contribution is 6.05. The van der Waals surface area contributed by atoms with Crippen molar-refractivity contribution in [1.29, 1.82) is 5.26 Å². The summed E-state index contributed by atoms with van der Waals surface area (Å²) in [6.45, 7) is 4.88. The Morgan fingerprint density at radius 1 is 1.16 bits per heavy atom. The highest BCUT2D eigenvalue weighted by Crippen LogP contribution is 2.23. The smallest absolute Gasteiger partial charge is 0.255 e. The molecule has 0 radical (unpaired) electrons. The second-order valence-electron chi connectivity index (χ2n) is 7.27. The van der Waals surface area contributed by atoms with Crippen LogP contribution in [0.1, 0.15) is 34.8 Å². The number of benzene rings is 2. The topological polar surface area (TPSA) is 113 Å². The number of carbonyl (C=O) groups is 1. The van der Waals surface area contributed by atoms with Gasteiger partial charge in [-0.15, -0.1) is 0 Å². The van der Waals surface area contributed by atoms with Gasteiger partial charge in [-0.05, 0) is 48.9 Å². The van der Waals surface area contributed by atoms with Crippen LogP contribution in [0.3, 0.4) is 0 Å². The molecule has 0 saturated carbocycles. The Morgan fingerprint density at radius 2 is 1.94 bits per heavy atom. The molecule has 7 heteroatoms. The lowest BCUT2D eigenvalue weighted by Crippen LogP contribution is -2.20. The third kappa shape index (κ3) is 6.14. The van der Waals surface area contributed by atoms with E-state index in [1.54, 1.807) is 48.7 Å².